The second kappa shape index (κ2) is 4.22. The van der Waals surface area contributed by atoms with Crippen molar-refractivity contribution in [3.8, 4) is 0 Å². The molecule has 0 atom stereocenters. The summed E-state index contributed by atoms with van der Waals surface area (Å²) in [6.07, 6.45) is 1.33. The quantitative estimate of drug-likeness (QED) is 0.630. The monoisotopic (exact) mass is 246 g/mol. The fourth-order valence-electron chi connectivity index (χ4n) is 0.833. The number of rotatable bonds is 5. The van der Waals surface area contributed by atoms with E-state index in [1.54, 1.807) is 13.8 Å². The number of hydrogen-bond acceptors (Lipinski definition) is 4. The summed E-state index contributed by atoms with van der Waals surface area (Å²) >= 11 is 0. The van der Waals surface area contributed by atoms with E-state index in [-0.39, 0.29) is 11.6 Å². The minimum atomic E-state index is -3.66. The molecule has 0 bridgehead atoms. The van der Waals surface area contributed by atoms with Gasteiger partial charge in [-0.05, 0) is 19.9 Å². The van der Waals surface area contributed by atoms with Crippen LogP contribution in [0.15, 0.2) is 17.3 Å². The Labute approximate surface area is 93.5 Å². The molecule has 1 aromatic rings. The minimum Gasteiger partial charge on any atom is -0.369 e. The summed E-state index contributed by atoms with van der Waals surface area (Å²) in [5, 5.41) is 5.81. The number of primary amides is 1. The van der Waals surface area contributed by atoms with Crippen molar-refractivity contribution in [2.45, 2.75) is 18.9 Å². The predicted molar refractivity (Wildman–Crippen MR) is 56.8 cm³/mol. The number of nitrogens with one attached hydrogen (secondary N) is 2. The van der Waals surface area contributed by atoms with Crippen LogP contribution >= 0.6 is 0 Å². The SMILES string of the molecule is CC(C)(CNS(=O)(=O)c1ccn[nH]1)C(N)=O. The van der Waals surface area contributed by atoms with Gasteiger partial charge < -0.3 is 5.73 Å². The lowest BCUT2D eigenvalue weighted by atomic mass is 9.93. The topological polar surface area (TPSA) is 118 Å². The van der Waals surface area contributed by atoms with Gasteiger partial charge in [0.05, 0.1) is 11.6 Å². The number of carbonyl (C=O) groups excluding carboxylic acids is 1. The first kappa shape index (κ1) is 12.7. The molecule has 0 saturated carbocycles. The molecule has 0 aliphatic heterocycles. The highest BCUT2D eigenvalue weighted by Crippen LogP contribution is 2.13. The van der Waals surface area contributed by atoms with Gasteiger partial charge in [-0.15, -0.1) is 0 Å². The van der Waals surface area contributed by atoms with Crippen molar-refractivity contribution in [2.24, 2.45) is 11.1 Å². The van der Waals surface area contributed by atoms with Crippen LogP contribution in [0.1, 0.15) is 13.8 Å². The Kier molecular flexibility index (Phi) is 3.34. The third-order valence-electron chi connectivity index (χ3n) is 2.14. The second-order valence-corrected chi connectivity index (χ2v) is 5.73. The minimum absolute atomic E-state index is 0.0484. The molecule has 0 fully saturated rings. The molecule has 0 saturated heterocycles. The zero-order valence-electron chi connectivity index (χ0n) is 9.02. The number of aromatic amines is 1. The van der Waals surface area contributed by atoms with Crippen LogP contribution in [0.5, 0.6) is 0 Å². The number of nitrogens with two attached hydrogens (primary N) is 1. The van der Waals surface area contributed by atoms with E-state index in [1.165, 1.54) is 12.3 Å². The van der Waals surface area contributed by atoms with E-state index in [0.717, 1.165) is 0 Å². The van der Waals surface area contributed by atoms with Crippen molar-refractivity contribution in [1.29, 1.82) is 0 Å². The highest BCUT2D eigenvalue weighted by molar-refractivity contribution is 7.89. The van der Waals surface area contributed by atoms with Crippen LogP contribution in [-0.2, 0) is 14.8 Å². The van der Waals surface area contributed by atoms with Gasteiger partial charge in [-0.2, -0.15) is 5.10 Å². The third-order valence-corrected chi connectivity index (χ3v) is 3.47. The second-order valence-electron chi connectivity index (χ2n) is 3.99. The Morgan fingerprint density at radius 1 is 1.62 bits per heavy atom. The normalized spacial score (nSPS) is 12.6. The van der Waals surface area contributed by atoms with E-state index in [1.807, 2.05) is 0 Å². The van der Waals surface area contributed by atoms with Crippen molar-refractivity contribution in [2.75, 3.05) is 6.54 Å². The zero-order chi connectivity index (χ0) is 12.4. The van der Waals surface area contributed by atoms with E-state index >= 15 is 0 Å². The van der Waals surface area contributed by atoms with Crippen LogP contribution in [0.25, 0.3) is 0 Å². The zero-order valence-corrected chi connectivity index (χ0v) is 9.84. The van der Waals surface area contributed by atoms with E-state index in [4.69, 9.17) is 5.73 Å². The van der Waals surface area contributed by atoms with E-state index < -0.39 is 21.3 Å². The van der Waals surface area contributed by atoms with Crippen molar-refractivity contribution in [3.05, 3.63) is 12.3 Å². The molecule has 1 aromatic heterocycles. The first-order valence-electron chi connectivity index (χ1n) is 4.55. The van der Waals surface area contributed by atoms with Gasteiger partial charge in [0, 0.05) is 6.54 Å². The van der Waals surface area contributed by atoms with Crippen LogP contribution in [0, 0.1) is 5.41 Å². The molecule has 0 aromatic carbocycles. The largest absolute Gasteiger partial charge is 0.369 e. The van der Waals surface area contributed by atoms with Crippen LogP contribution in [0.3, 0.4) is 0 Å². The maximum Gasteiger partial charge on any atom is 0.257 e. The molecular formula is C8H14N4O3S. The van der Waals surface area contributed by atoms with Crippen molar-refractivity contribution < 1.29 is 13.2 Å². The number of H-pyrrole nitrogens is 1. The molecule has 16 heavy (non-hydrogen) atoms. The van der Waals surface area contributed by atoms with Gasteiger partial charge in [-0.1, -0.05) is 0 Å². The lowest BCUT2D eigenvalue weighted by Gasteiger charge is -2.20. The summed E-state index contributed by atoms with van der Waals surface area (Å²) in [5.41, 5.74) is 4.19. The molecular weight excluding hydrogens is 232 g/mol. The standard InChI is InChI=1S/C8H14N4O3S/c1-8(2,7(9)13)5-11-16(14,15)6-3-4-10-12-6/h3-4,11H,5H2,1-2H3,(H2,9,13)(H,10,12). The molecule has 0 aliphatic carbocycles. The Morgan fingerprint density at radius 2 is 2.25 bits per heavy atom. The number of amides is 1. The maximum absolute atomic E-state index is 11.6. The lowest BCUT2D eigenvalue weighted by molar-refractivity contribution is -0.125. The number of sulfonamides is 1. The molecule has 1 heterocycles. The van der Waals surface area contributed by atoms with E-state index in [0.29, 0.717) is 0 Å². The summed E-state index contributed by atoms with van der Waals surface area (Å²) in [7, 11) is -3.66. The van der Waals surface area contributed by atoms with Crippen molar-refractivity contribution in [3.63, 3.8) is 0 Å². The van der Waals surface area contributed by atoms with Crippen LogP contribution in [0.4, 0.5) is 0 Å². The summed E-state index contributed by atoms with van der Waals surface area (Å²) in [6.45, 7) is 3.05. The van der Waals surface area contributed by atoms with Gasteiger partial charge in [0.25, 0.3) is 10.0 Å². The molecule has 90 valence electrons. The van der Waals surface area contributed by atoms with Gasteiger partial charge in [-0.3, -0.25) is 9.89 Å². The van der Waals surface area contributed by atoms with Gasteiger partial charge in [0.1, 0.15) is 0 Å². The van der Waals surface area contributed by atoms with Gasteiger partial charge >= 0.3 is 0 Å². The first-order chi connectivity index (χ1) is 7.26. The van der Waals surface area contributed by atoms with Gasteiger partial charge in [-0.25, -0.2) is 13.1 Å². The highest BCUT2D eigenvalue weighted by Gasteiger charge is 2.27. The molecule has 0 aliphatic rings. The Bertz CT molecular complexity index is 463. The molecule has 0 unspecified atom stereocenters. The molecule has 7 nitrogen and oxygen atoms in total. The van der Waals surface area contributed by atoms with Crippen LogP contribution < -0.4 is 10.5 Å². The predicted octanol–water partition coefficient (Wildman–Crippen LogP) is -0.800. The average molecular weight is 246 g/mol. The molecule has 1 rings (SSSR count). The summed E-state index contributed by atoms with van der Waals surface area (Å²) in [5.74, 6) is -0.570. The van der Waals surface area contributed by atoms with Gasteiger partial charge in [0.15, 0.2) is 5.03 Å². The number of hydrogen-bond donors (Lipinski definition) is 3. The smallest absolute Gasteiger partial charge is 0.257 e. The van der Waals surface area contributed by atoms with E-state index in [9.17, 15) is 13.2 Å². The molecule has 0 spiro atoms. The third kappa shape index (κ3) is 2.80. The molecule has 0 radical (unpaired) electrons. The maximum atomic E-state index is 11.6. The van der Waals surface area contributed by atoms with Crippen molar-refractivity contribution >= 4 is 15.9 Å². The number of nitrogens with zero attached hydrogens (tertiary/aromatic N) is 1. The van der Waals surface area contributed by atoms with Crippen LogP contribution in [0.2, 0.25) is 0 Å². The average Bonchev–Trinajstić information content (AvgIpc) is 2.68. The number of carbonyl (C=O) groups is 1. The fraction of sp³-hybridized carbons (Fsp3) is 0.500. The summed E-state index contributed by atoms with van der Waals surface area (Å²) < 4.78 is 25.5. The van der Waals surface area contributed by atoms with Crippen LogP contribution in [-0.4, -0.2) is 31.1 Å². The fourth-order valence-corrected chi connectivity index (χ4v) is 1.95. The van der Waals surface area contributed by atoms with Crippen molar-refractivity contribution in [1.82, 2.24) is 14.9 Å². The summed E-state index contributed by atoms with van der Waals surface area (Å²) in [6, 6.07) is 1.32. The highest BCUT2D eigenvalue weighted by atomic mass is 32.2. The lowest BCUT2D eigenvalue weighted by Crippen LogP contribution is -2.42. The molecule has 4 N–H and O–H groups in total. The Balaban J connectivity index is 2.74. The Morgan fingerprint density at radius 3 is 2.69 bits per heavy atom. The number of aromatic nitrogens is 2. The first-order valence-corrected chi connectivity index (χ1v) is 6.03. The van der Waals surface area contributed by atoms with E-state index in [2.05, 4.69) is 14.9 Å². The van der Waals surface area contributed by atoms with Gasteiger partial charge in [0.2, 0.25) is 5.91 Å². The summed E-state index contributed by atoms with van der Waals surface area (Å²) in [4.78, 5) is 11.0. The molecule has 8 heteroatoms. The Hall–Kier alpha value is -1.41. The molecule has 1 amide bonds.